The molecule has 0 aliphatic carbocycles. The van der Waals surface area contributed by atoms with Crippen LogP contribution in [0.4, 0.5) is 5.69 Å². The predicted molar refractivity (Wildman–Crippen MR) is 48.9 cm³/mol. The fraction of sp³-hybridized carbons (Fsp3) is 0.250. The number of rotatable bonds is 2. The Balaban J connectivity index is 2.23. The minimum atomic E-state index is 0.625. The minimum Gasteiger partial charge on any atom is -0.396 e. The Kier molecular flexibility index (Phi) is 1.77. The molecular weight excluding hydrogens is 166 g/mol. The average molecular weight is 177 g/mol. The number of aryl methyl sites for hydroxylation is 1. The molecule has 0 bridgehead atoms. The molecule has 0 aromatic carbocycles. The lowest BCUT2D eigenvalue weighted by Crippen LogP contribution is -2.03. The summed E-state index contributed by atoms with van der Waals surface area (Å²) in [6.45, 7) is 0.625. The Morgan fingerprint density at radius 1 is 1.54 bits per heavy atom. The topological polar surface area (TPSA) is 61.7 Å². The standard InChI is InChI=1S/C8H11N5/c1-12-5-7(9)8(11-12)6-13-4-2-3-10-13/h2-5H,6,9H2,1H3. The van der Waals surface area contributed by atoms with Crippen LogP contribution in [0.25, 0.3) is 0 Å². The van der Waals surface area contributed by atoms with Crippen molar-refractivity contribution in [3.8, 4) is 0 Å². The molecule has 0 aliphatic heterocycles. The normalized spacial score (nSPS) is 10.5. The molecule has 0 amide bonds. The molecule has 5 heteroatoms. The summed E-state index contributed by atoms with van der Waals surface area (Å²) in [6, 6.07) is 1.87. The predicted octanol–water partition coefficient (Wildman–Crippen LogP) is 0.247. The largest absolute Gasteiger partial charge is 0.396 e. The van der Waals surface area contributed by atoms with Gasteiger partial charge in [-0.1, -0.05) is 0 Å². The van der Waals surface area contributed by atoms with E-state index in [1.54, 1.807) is 21.8 Å². The maximum Gasteiger partial charge on any atom is 0.107 e. The van der Waals surface area contributed by atoms with Crippen LogP contribution >= 0.6 is 0 Å². The molecule has 2 rings (SSSR count). The number of anilines is 1. The zero-order valence-corrected chi connectivity index (χ0v) is 7.38. The van der Waals surface area contributed by atoms with Gasteiger partial charge in [0.1, 0.15) is 5.69 Å². The van der Waals surface area contributed by atoms with E-state index in [-0.39, 0.29) is 0 Å². The summed E-state index contributed by atoms with van der Waals surface area (Å²) in [5.41, 5.74) is 7.29. The number of nitrogens with two attached hydrogens (primary N) is 1. The van der Waals surface area contributed by atoms with Gasteiger partial charge in [0.05, 0.1) is 12.2 Å². The molecule has 0 unspecified atom stereocenters. The third-order valence-corrected chi connectivity index (χ3v) is 1.81. The molecular formula is C8H11N5. The molecule has 68 valence electrons. The van der Waals surface area contributed by atoms with Gasteiger partial charge in [-0.3, -0.25) is 9.36 Å². The number of nitrogen functional groups attached to an aromatic ring is 1. The van der Waals surface area contributed by atoms with E-state index in [2.05, 4.69) is 10.2 Å². The Bertz CT molecular complexity index is 387. The van der Waals surface area contributed by atoms with Crippen LogP contribution in [-0.2, 0) is 13.6 Å². The van der Waals surface area contributed by atoms with E-state index in [1.165, 1.54) is 0 Å². The third-order valence-electron chi connectivity index (χ3n) is 1.81. The van der Waals surface area contributed by atoms with Gasteiger partial charge in [0, 0.05) is 25.6 Å². The van der Waals surface area contributed by atoms with E-state index in [0.717, 1.165) is 5.69 Å². The van der Waals surface area contributed by atoms with Gasteiger partial charge in [0.25, 0.3) is 0 Å². The first-order chi connectivity index (χ1) is 6.25. The number of nitrogens with zero attached hydrogens (tertiary/aromatic N) is 4. The van der Waals surface area contributed by atoms with E-state index in [0.29, 0.717) is 12.2 Å². The van der Waals surface area contributed by atoms with Gasteiger partial charge >= 0.3 is 0 Å². The van der Waals surface area contributed by atoms with Crippen LogP contribution < -0.4 is 5.73 Å². The van der Waals surface area contributed by atoms with Crippen molar-refractivity contribution in [2.24, 2.45) is 7.05 Å². The lowest BCUT2D eigenvalue weighted by atomic mass is 10.4. The number of hydrogen-bond donors (Lipinski definition) is 1. The molecule has 2 heterocycles. The molecule has 0 saturated carbocycles. The van der Waals surface area contributed by atoms with Crippen LogP contribution in [0, 0.1) is 0 Å². The highest BCUT2D eigenvalue weighted by Gasteiger charge is 2.04. The quantitative estimate of drug-likeness (QED) is 0.715. The Morgan fingerprint density at radius 3 is 2.92 bits per heavy atom. The van der Waals surface area contributed by atoms with Crippen molar-refractivity contribution >= 4 is 5.69 Å². The molecule has 0 spiro atoms. The van der Waals surface area contributed by atoms with Gasteiger partial charge < -0.3 is 5.73 Å². The van der Waals surface area contributed by atoms with Gasteiger partial charge in [-0.2, -0.15) is 10.2 Å². The van der Waals surface area contributed by atoms with E-state index < -0.39 is 0 Å². The van der Waals surface area contributed by atoms with Crippen LogP contribution in [0.5, 0.6) is 0 Å². The van der Waals surface area contributed by atoms with E-state index >= 15 is 0 Å². The van der Waals surface area contributed by atoms with E-state index in [1.807, 2.05) is 19.3 Å². The Hall–Kier alpha value is -1.78. The second kappa shape index (κ2) is 2.93. The van der Waals surface area contributed by atoms with E-state index in [9.17, 15) is 0 Å². The lowest BCUT2D eigenvalue weighted by Gasteiger charge is -1.97. The van der Waals surface area contributed by atoms with Gasteiger partial charge in [0.2, 0.25) is 0 Å². The number of hydrogen-bond acceptors (Lipinski definition) is 3. The van der Waals surface area contributed by atoms with Crippen molar-refractivity contribution in [1.29, 1.82) is 0 Å². The first-order valence-electron chi connectivity index (χ1n) is 4.01. The molecule has 2 N–H and O–H groups in total. The molecule has 2 aromatic heterocycles. The van der Waals surface area contributed by atoms with Crippen molar-refractivity contribution < 1.29 is 0 Å². The average Bonchev–Trinajstić information content (AvgIpc) is 2.63. The molecule has 0 saturated heterocycles. The molecule has 0 radical (unpaired) electrons. The summed E-state index contributed by atoms with van der Waals surface area (Å²) in [4.78, 5) is 0. The summed E-state index contributed by atoms with van der Waals surface area (Å²) >= 11 is 0. The molecule has 0 fully saturated rings. The highest BCUT2D eigenvalue weighted by atomic mass is 15.3. The fourth-order valence-electron chi connectivity index (χ4n) is 1.22. The SMILES string of the molecule is Cn1cc(N)c(Cn2cccn2)n1. The van der Waals surface area contributed by atoms with E-state index in [4.69, 9.17) is 5.73 Å². The smallest absolute Gasteiger partial charge is 0.107 e. The molecule has 0 atom stereocenters. The van der Waals surface area contributed by atoms with Crippen LogP contribution in [-0.4, -0.2) is 19.6 Å². The summed E-state index contributed by atoms with van der Waals surface area (Å²) in [5.74, 6) is 0. The zero-order chi connectivity index (χ0) is 9.26. The lowest BCUT2D eigenvalue weighted by molar-refractivity contribution is 0.651. The fourth-order valence-corrected chi connectivity index (χ4v) is 1.22. The van der Waals surface area contributed by atoms with Crippen molar-refractivity contribution in [1.82, 2.24) is 19.6 Å². The number of aromatic nitrogens is 4. The first kappa shape index (κ1) is 7.85. The van der Waals surface area contributed by atoms with Crippen LogP contribution in [0.1, 0.15) is 5.69 Å². The van der Waals surface area contributed by atoms with Crippen LogP contribution in [0.3, 0.4) is 0 Å². The Labute approximate surface area is 75.8 Å². The molecule has 0 aliphatic rings. The van der Waals surface area contributed by atoms with Gasteiger partial charge in [0.15, 0.2) is 0 Å². The minimum absolute atomic E-state index is 0.625. The summed E-state index contributed by atoms with van der Waals surface area (Å²) in [7, 11) is 1.85. The zero-order valence-electron chi connectivity index (χ0n) is 7.38. The van der Waals surface area contributed by atoms with Gasteiger partial charge in [-0.15, -0.1) is 0 Å². The van der Waals surface area contributed by atoms with Gasteiger partial charge in [-0.25, -0.2) is 0 Å². The van der Waals surface area contributed by atoms with Crippen LogP contribution in [0.15, 0.2) is 24.7 Å². The van der Waals surface area contributed by atoms with Gasteiger partial charge in [-0.05, 0) is 6.07 Å². The van der Waals surface area contributed by atoms with Crippen molar-refractivity contribution in [2.45, 2.75) is 6.54 Å². The first-order valence-corrected chi connectivity index (χ1v) is 4.01. The molecule has 2 aromatic rings. The van der Waals surface area contributed by atoms with Crippen molar-refractivity contribution in [2.75, 3.05) is 5.73 Å². The monoisotopic (exact) mass is 177 g/mol. The summed E-state index contributed by atoms with van der Waals surface area (Å²) < 4.78 is 3.49. The maximum absolute atomic E-state index is 5.73. The highest BCUT2D eigenvalue weighted by Crippen LogP contribution is 2.08. The van der Waals surface area contributed by atoms with Crippen molar-refractivity contribution in [3.05, 3.63) is 30.4 Å². The second-order valence-electron chi connectivity index (χ2n) is 2.91. The molecule has 5 nitrogen and oxygen atoms in total. The molecule has 13 heavy (non-hydrogen) atoms. The second-order valence-corrected chi connectivity index (χ2v) is 2.91. The third kappa shape index (κ3) is 1.53. The highest BCUT2D eigenvalue weighted by molar-refractivity contribution is 5.40. The van der Waals surface area contributed by atoms with Crippen LogP contribution in [0.2, 0.25) is 0 Å². The van der Waals surface area contributed by atoms with Crippen molar-refractivity contribution in [3.63, 3.8) is 0 Å². The maximum atomic E-state index is 5.73. The summed E-state index contributed by atoms with van der Waals surface area (Å²) in [5, 5.41) is 8.29. The summed E-state index contributed by atoms with van der Waals surface area (Å²) in [6.07, 6.45) is 5.41. The Morgan fingerprint density at radius 2 is 2.38 bits per heavy atom.